The lowest BCUT2D eigenvalue weighted by molar-refractivity contribution is 0.207. The quantitative estimate of drug-likeness (QED) is 0.345. The first-order valence-electron chi connectivity index (χ1n) is 5.50. The Kier molecular flexibility index (Phi) is 8.05. The smallest absolute Gasteiger partial charge is 0.0891 e. The molecule has 3 nitrogen and oxygen atoms in total. The summed E-state index contributed by atoms with van der Waals surface area (Å²) in [6, 6.07) is 0. The monoisotopic (exact) mass is 213 g/mol. The Labute approximate surface area is 92.5 Å². The molecule has 0 aromatic rings. The molecule has 88 valence electrons. The lowest BCUT2D eigenvalue weighted by atomic mass is 10.1. The van der Waals surface area contributed by atoms with E-state index in [0.717, 1.165) is 25.0 Å². The number of hydrogen-bond donors (Lipinski definition) is 3. The first-order chi connectivity index (χ1) is 7.07. The third-order valence-corrected chi connectivity index (χ3v) is 2.16. The fraction of sp³-hybridized carbons (Fsp3) is 0.667. The summed E-state index contributed by atoms with van der Waals surface area (Å²) in [6.45, 7) is 7.11. The molecule has 0 fully saturated rings. The van der Waals surface area contributed by atoms with Gasteiger partial charge in [-0.15, -0.1) is 0 Å². The van der Waals surface area contributed by atoms with Crippen molar-refractivity contribution in [3.8, 4) is 0 Å². The van der Waals surface area contributed by atoms with Gasteiger partial charge in [-0.1, -0.05) is 19.4 Å². The second kappa shape index (κ2) is 8.50. The molecule has 15 heavy (non-hydrogen) atoms. The first-order valence-corrected chi connectivity index (χ1v) is 5.50. The van der Waals surface area contributed by atoms with E-state index in [0.29, 0.717) is 6.54 Å². The van der Waals surface area contributed by atoms with Crippen molar-refractivity contribution >= 4 is 0 Å². The van der Waals surface area contributed by atoms with Crippen LogP contribution in [-0.4, -0.2) is 29.4 Å². The van der Waals surface area contributed by atoms with E-state index >= 15 is 0 Å². The Morgan fingerprint density at radius 1 is 1.33 bits per heavy atom. The molecule has 0 aromatic heterocycles. The van der Waals surface area contributed by atoms with Crippen LogP contribution in [0.4, 0.5) is 0 Å². The second-order valence-electron chi connectivity index (χ2n) is 3.79. The van der Waals surface area contributed by atoms with Crippen molar-refractivity contribution in [2.45, 2.75) is 39.7 Å². The minimum atomic E-state index is -0.475. The summed E-state index contributed by atoms with van der Waals surface area (Å²) in [7, 11) is 0. The van der Waals surface area contributed by atoms with Gasteiger partial charge in [-0.25, -0.2) is 0 Å². The standard InChI is InChI=1S/C12H23NO2/c1-4-5-8-13-9-12(15)10(2)6-7-11(3)14/h6-7,12-15H,4-5,8-9H2,1-3H3/b10-6+,11-7+. The minimum absolute atomic E-state index is 0.250. The first kappa shape index (κ1) is 14.2. The maximum absolute atomic E-state index is 9.69. The third-order valence-electron chi connectivity index (χ3n) is 2.16. The van der Waals surface area contributed by atoms with Gasteiger partial charge in [0.05, 0.1) is 11.9 Å². The highest BCUT2D eigenvalue weighted by Crippen LogP contribution is 2.01. The fourth-order valence-electron chi connectivity index (χ4n) is 1.06. The summed E-state index contributed by atoms with van der Waals surface area (Å²) in [5.41, 5.74) is 0.854. The number of hydrogen-bond acceptors (Lipinski definition) is 3. The van der Waals surface area contributed by atoms with Crippen molar-refractivity contribution in [1.82, 2.24) is 5.32 Å². The average Bonchev–Trinajstić information content (AvgIpc) is 2.20. The van der Waals surface area contributed by atoms with Crippen LogP contribution in [-0.2, 0) is 0 Å². The summed E-state index contributed by atoms with van der Waals surface area (Å²) < 4.78 is 0. The molecule has 0 bridgehead atoms. The van der Waals surface area contributed by atoms with Crippen LogP contribution in [0.15, 0.2) is 23.5 Å². The SMILES string of the molecule is CCCCNCC(O)/C(C)=C/C=C(\C)O. The summed E-state index contributed by atoms with van der Waals surface area (Å²) >= 11 is 0. The zero-order chi connectivity index (χ0) is 11.7. The van der Waals surface area contributed by atoms with E-state index in [1.165, 1.54) is 0 Å². The van der Waals surface area contributed by atoms with E-state index in [1.807, 2.05) is 6.92 Å². The molecule has 0 saturated heterocycles. The van der Waals surface area contributed by atoms with E-state index in [1.54, 1.807) is 19.1 Å². The summed E-state index contributed by atoms with van der Waals surface area (Å²) in [5.74, 6) is 0.250. The molecule has 3 N–H and O–H groups in total. The van der Waals surface area contributed by atoms with Crippen LogP contribution in [0, 0.1) is 0 Å². The van der Waals surface area contributed by atoms with Crippen molar-refractivity contribution in [2.24, 2.45) is 0 Å². The van der Waals surface area contributed by atoms with Gasteiger partial charge in [0.15, 0.2) is 0 Å². The molecule has 0 aromatic carbocycles. The number of nitrogens with one attached hydrogen (secondary N) is 1. The molecule has 0 heterocycles. The molecule has 0 saturated carbocycles. The molecule has 1 atom stereocenters. The molecule has 0 spiro atoms. The fourth-order valence-corrected chi connectivity index (χ4v) is 1.06. The Morgan fingerprint density at radius 3 is 2.53 bits per heavy atom. The Bertz CT molecular complexity index is 218. The van der Waals surface area contributed by atoms with Gasteiger partial charge in [-0.3, -0.25) is 0 Å². The maximum Gasteiger partial charge on any atom is 0.0891 e. The average molecular weight is 213 g/mol. The number of rotatable bonds is 7. The minimum Gasteiger partial charge on any atom is -0.513 e. The second-order valence-corrected chi connectivity index (χ2v) is 3.79. The number of allylic oxidation sites excluding steroid dienone is 3. The summed E-state index contributed by atoms with van der Waals surface area (Å²) in [5, 5.41) is 21.8. The van der Waals surface area contributed by atoms with Crippen molar-refractivity contribution in [3.63, 3.8) is 0 Å². The van der Waals surface area contributed by atoms with Gasteiger partial charge in [0.1, 0.15) is 0 Å². The lowest BCUT2D eigenvalue weighted by Gasteiger charge is -2.11. The number of unbranched alkanes of at least 4 members (excludes halogenated alkanes) is 1. The molecule has 3 heteroatoms. The van der Waals surface area contributed by atoms with Crippen molar-refractivity contribution in [1.29, 1.82) is 0 Å². The summed E-state index contributed by atoms with van der Waals surface area (Å²) in [4.78, 5) is 0. The van der Waals surface area contributed by atoms with Gasteiger partial charge in [0.2, 0.25) is 0 Å². The van der Waals surface area contributed by atoms with Gasteiger partial charge >= 0.3 is 0 Å². The van der Waals surface area contributed by atoms with Gasteiger partial charge < -0.3 is 15.5 Å². The van der Waals surface area contributed by atoms with Crippen molar-refractivity contribution in [3.05, 3.63) is 23.5 Å². The number of aliphatic hydroxyl groups is 2. The highest BCUT2D eigenvalue weighted by molar-refractivity contribution is 5.15. The highest BCUT2D eigenvalue weighted by Gasteiger charge is 2.04. The Morgan fingerprint density at radius 2 is 2.00 bits per heavy atom. The Hall–Kier alpha value is -0.800. The third kappa shape index (κ3) is 8.21. The zero-order valence-corrected chi connectivity index (χ0v) is 9.95. The normalized spacial score (nSPS) is 15.5. The van der Waals surface area contributed by atoms with E-state index in [4.69, 9.17) is 5.11 Å². The van der Waals surface area contributed by atoms with Gasteiger partial charge in [0.25, 0.3) is 0 Å². The van der Waals surface area contributed by atoms with Crippen LogP contribution in [0.2, 0.25) is 0 Å². The summed E-state index contributed by atoms with van der Waals surface area (Å²) in [6.07, 6.45) is 5.14. The van der Waals surface area contributed by atoms with Crippen molar-refractivity contribution < 1.29 is 10.2 Å². The lowest BCUT2D eigenvalue weighted by Crippen LogP contribution is -2.28. The largest absolute Gasteiger partial charge is 0.513 e. The van der Waals surface area contributed by atoms with Gasteiger partial charge in [-0.05, 0) is 38.5 Å². The van der Waals surface area contributed by atoms with Crippen LogP contribution in [0.3, 0.4) is 0 Å². The molecular weight excluding hydrogens is 190 g/mol. The topological polar surface area (TPSA) is 52.5 Å². The molecule has 1 unspecified atom stereocenters. The van der Waals surface area contributed by atoms with Gasteiger partial charge in [0, 0.05) is 6.54 Å². The molecule has 0 aliphatic carbocycles. The molecular formula is C12H23NO2. The van der Waals surface area contributed by atoms with E-state index in [-0.39, 0.29) is 5.76 Å². The Balaban J connectivity index is 3.83. The van der Waals surface area contributed by atoms with Crippen molar-refractivity contribution in [2.75, 3.05) is 13.1 Å². The van der Waals surface area contributed by atoms with Crippen LogP contribution in [0.1, 0.15) is 33.6 Å². The number of aliphatic hydroxyl groups excluding tert-OH is 2. The van der Waals surface area contributed by atoms with Crippen LogP contribution < -0.4 is 5.32 Å². The predicted molar refractivity (Wildman–Crippen MR) is 63.9 cm³/mol. The van der Waals surface area contributed by atoms with Crippen LogP contribution >= 0.6 is 0 Å². The molecule has 0 rings (SSSR count). The molecule has 0 aliphatic heterocycles. The molecule has 0 radical (unpaired) electrons. The van der Waals surface area contributed by atoms with E-state index in [2.05, 4.69) is 12.2 Å². The molecule has 0 aliphatic rings. The maximum atomic E-state index is 9.69. The molecule has 0 amide bonds. The van der Waals surface area contributed by atoms with Gasteiger partial charge in [-0.2, -0.15) is 0 Å². The van der Waals surface area contributed by atoms with E-state index in [9.17, 15) is 5.11 Å². The van der Waals surface area contributed by atoms with E-state index < -0.39 is 6.10 Å². The zero-order valence-electron chi connectivity index (χ0n) is 9.95. The van der Waals surface area contributed by atoms with Crippen LogP contribution in [0.25, 0.3) is 0 Å². The highest BCUT2D eigenvalue weighted by atomic mass is 16.3. The van der Waals surface area contributed by atoms with Crippen LogP contribution in [0.5, 0.6) is 0 Å². The predicted octanol–water partition coefficient (Wildman–Crippen LogP) is 2.15.